The molecule has 0 aliphatic rings. The van der Waals surface area contributed by atoms with E-state index in [2.05, 4.69) is 20.9 Å². The number of carbonyl (C=O) groups excluding carboxylic acids is 1. The van der Waals surface area contributed by atoms with Crippen LogP contribution in [-0.2, 0) is 4.79 Å². The molecule has 62 valence electrons. The molecule has 0 amide bonds. The van der Waals surface area contributed by atoms with E-state index in [4.69, 9.17) is 0 Å². The standard InChI is InChI=1S/C9H8BrNO/c1-7(11-6-12)8-4-2-3-5-9(8)10/h2-5,7H,1H3/t7-/m0/s1. The number of rotatable bonds is 2. The van der Waals surface area contributed by atoms with Crippen molar-refractivity contribution in [2.75, 3.05) is 0 Å². The molecule has 0 spiro atoms. The van der Waals surface area contributed by atoms with Crippen molar-refractivity contribution in [3.63, 3.8) is 0 Å². The van der Waals surface area contributed by atoms with Crippen molar-refractivity contribution in [2.24, 2.45) is 4.99 Å². The monoisotopic (exact) mass is 225 g/mol. The van der Waals surface area contributed by atoms with Crippen molar-refractivity contribution in [3.8, 4) is 0 Å². The van der Waals surface area contributed by atoms with Gasteiger partial charge in [0.05, 0.1) is 6.04 Å². The Bertz CT molecular complexity index is 318. The van der Waals surface area contributed by atoms with Crippen molar-refractivity contribution in [1.29, 1.82) is 0 Å². The summed E-state index contributed by atoms with van der Waals surface area (Å²) in [6.07, 6.45) is 1.55. The van der Waals surface area contributed by atoms with Crippen molar-refractivity contribution in [1.82, 2.24) is 0 Å². The quantitative estimate of drug-likeness (QED) is 0.563. The molecule has 0 fully saturated rings. The maximum Gasteiger partial charge on any atom is 0.235 e. The summed E-state index contributed by atoms with van der Waals surface area (Å²) < 4.78 is 0.969. The summed E-state index contributed by atoms with van der Waals surface area (Å²) in [5.41, 5.74) is 1.00. The van der Waals surface area contributed by atoms with E-state index < -0.39 is 0 Å². The van der Waals surface area contributed by atoms with Crippen molar-refractivity contribution >= 4 is 22.0 Å². The van der Waals surface area contributed by atoms with Crippen LogP contribution in [0.4, 0.5) is 0 Å². The number of nitrogens with zero attached hydrogens (tertiary/aromatic N) is 1. The van der Waals surface area contributed by atoms with E-state index in [1.54, 1.807) is 6.08 Å². The molecule has 1 rings (SSSR count). The van der Waals surface area contributed by atoms with Gasteiger partial charge in [0.25, 0.3) is 0 Å². The zero-order chi connectivity index (χ0) is 8.97. The molecule has 0 unspecified atom stereocenters. The maximum absolute atomic E-state index is 9.99. The molecular formula is C9H8BrNO. The van der Waals surface area contributed by atoms with Crippen LogP contribution in [0.1, 0.15) is 18.5 Å². The molecular weight excluding hydrogens is 218 g/mol. The molecule has 3 heteroatoms. The van der Waals surface area contributed by atoms with E-state index in [9.17, 15) is 4.79 Å². The fraction of sp³-hybridized carbons (Fsp3) is 0.222. The van der Waals surface area contributed by atoms with Crippen LogP contribution in [0.15, 0.2) is 33.7 Å². The molecule has 1 atom stereocenters. The van der Waals surface area contributed by atoms with E-state index in [-0.39, 0.29) is 6.04 Å². The highest BCUT2D eigenvalue weighted by Crippen LogP contribution is 2.24. The third-order valence-electron chi connectivity index (χ3n) is 1.60. The van der Waals surface area contributed by atoms with Crippen molar-refractivity contribution < 1.29 is 4.79 Å². The summed E-state index contributed by atoms with van der Waals surface area (Å²) in [4.78, 5) is 13.6. The van der Waals surface area contributed by atoms with E-state index in [0.717, 1.165) is 10.0 Å². The highest BCUT2D eigenvalue weighted by Gasteiger charge is 2.05. The number of aliphatic imine (C=N–C) groups is 1. The lowest BCUT2D eigenvalue weighted by molar-refractivity contribution is 0.559. The summed E-state index contributed by atoms with van der Waals surface area (Å²) in [5.74, 6) is 0. The second-order valence-electron chi connectivity index (χ2n) is 2.42. The Hall–Kier alpha value is -0.920. The first-order chi connectivity index (χ1) is 5.75. The molecule has 1 aromatic carbocycles. The minimum atomic E-state index is -0.127. The predicted octanol–water partition coefficient (Wildman–Crippen LogP) is 2.85. The second-order valence-corrected chi connectivity index (χ2v) is 3.27. The van der Waals surface area contributed by atoms with Gasteiger partial charge in [-0.1, -0.05) is 34.1 Å². The van der Waals surface area contributed by atoms with E-state index in [1.807, 2.05) is 31.2 Å². The molecule has 0 aliphatic carbocycles. The number of hydrogen-bond donors (Lipinski definition) is 0. The molecule has 0 saturated heterocycles. The Balaban J connectivity index is 3.02. The van der Waals surface area contributed by atoms with Gasteiger partial charge in [0, 0.05) is 4.47 Å². The summed E-state index contributed by atoms with van der Waals surface area (Å²) in [6, 6.07) is 7.56. The Labute approximate surface area is 79.5 Å². The second kappa shape index (κ2) is 4.19. The smallest absolute Gasteiger partial charge is 0.211 e. The number of benzene rings is 1. The molecule has 0 saturated carbocycles. The van der Waals surface area contributed by atoms with Gasteiger partial charge in [-0.05, 0) is 18.6 Å². The zero-order valence-electron chi connectivity index (χ0n) is 6.62. The number of isocyanates is 1. The molecule has 0 aromatic heterocycles. The lowest BCUT2D eigenvalue weighted by Crippen LogP contribution is -1.89. The highest BCUT2D eigenvalue weighted by atomic mass is 79.9. The third-order valence-corrected chi connectivity index (χ3v) is 2.32. The van der Waals surface area contributed by atoms with Gasteiger partial charge in [-0.2, -0.15) is 4.99 Å². The highest BCUT2D eigenvalue weighted by molar-refractivity contribution is 9.10. The fourth-order valence-electron chi connectivity index (χ4n) is 0.963. The number of halogens is 1. The molecule has 1 aromatic rings. The van der Waals surface area contributed by atoms with Crippen LogP contribution in [0.25, 0.3) is 0 Å². The molecule has 12 heavy (non-hydrogen) atoms. The first kappa shape index (κ1) is 9.17. The van der Waals surface area contributed by atoms with Gasteiger partial charge in [-0.3, -0.25) is 0 Å². The molecule has 0 heterocycles. The summed E-state index contributed by atoms with van der Waals surface area (Å²) in [6.45, 7) is 1.85. The lowest BCUT2D eigenvalue weighted by Gasteiger charge is -2.05. The van der Waals surface area contributed by atoms with Crippen LogP contribution in [0.2, 0.25) is 0 Å². The van der Waals surface area contributed by atoms with E-state index in [0.29, 0.717) is 0 Å². The van der Waals surface area contributed by atoms with Crippen molar-refractivity contribution in [2.45, 2.75) is 13.0 Å². The van der Waals surface area contributed by atoms with Gasteiger partial charge in [-0.25, -0.2) is 4.79 Å². The summed E-state index contributed by atoms with van der Waals surface area (Å²) in [5, 5.41) is 0. The average molecular weight is 226 g/mol. The van der Waals surface area contributed by atoms with Gasteiger partial charge in [0.2, 0.25) is 6.08 Å². The molecule has 0 aliphatic heterocycles. The van der Waals surface area contributed by atoms with Gasteiger partial charge >= 0.3 is 0 Å². The SMILES string of the molecule is C[C@H](N=C=O)c1ccccc1Br. The summed E-state index contributed by atoms with van der Waals surface area (Å²) in [7, 11) is 0. The largest absolute Gasteiger partial charge is 0.235 e. The van der Waals surface area contributed by atoms with Gasteiger partial charge in [0.15, 0.2) is 0 Å². The van der Waals surface area contributed by atoms with Crippen LogP contribution >= 0.6 is 15.9 Å². The van der Waals surface area contributed by atoms with E-state index >= 15 is 0 Å². The van der Waals surface area contributed by atoms with Crippen LogP contribution in [0.5, 0.6) is 0 Å². The van der Waals surface area contributed by atoms with Crippen LogP contribution < -0.4 is 0 Å². The van der Waals surface area contributed by atoms with Gasteiger partial charge in [0.1, 0.15) is 0 Å². The van der Waals surface area contributed by atoms with Crippen molar-refractivity contribution in [3.05, 3.63) is 34.3 Å². The lowest BCUT2D eigenvalue weighted by atomic mass is 10.1. The molecule has 2 nitrogen and oxygen atoms in total. The first-order valence-electron chi connectivity index (χ1n) is 3.57. The topological polar surface area (TPSA) is 29.4 Å². The number of hydrogen-bond acceptors (Lipinski definition) is 2. The van der Waals surface area contributed by atoms with Gasteiger partial charge in [-0.15, -0.1) is 0 Å². The zero-order valence-corrected chi connectivity index (χ0v) is 8.21. The third kappa shape index (κ3) is 2.03. The maximum atomic E-state index is 9.99. The Morgan fingerprint density at radius 1 is 1.50 bits per heavy atom. The minimum Gasteiger partial charge on any atom is -0.211 e. The van der Waals surface area contributed by atoms with Crippen LogP contribution in [0, 0.1) is 0 Å². The average Bonchev–Trinajstić information content (AvgIpc) is 2.05. The Morgan fingerprint density at radius 2 is 2.17 bits per heavy atom. The predicted molar refractivity (Wildman–Crippen MR) is 50.7 cm³/mol. The van der Waals surface area contributed by atoms with Crippen LogP contribution in [-0.4, -0.2) is 6.08 Å². The molecule has 0 radical (unpaired) electrons. The van der Waals surface area contributed by atoms with Crippen LogP contribution in [0.3, 0.4) is 0 Å². The molecule has 0 bridgehead atoms. The fourth-order valence-corrected chi connectivity index (χ4v) is 1.58. The Kier molecular flexibility index (Phi) is 3.20. The summed E-state index contributed by atoms with van der Waals surface area (Å²) >= 11 is 3.38. The minimum absolute atomic E-state index is 0.127. The Morgan fingerprint density at radius 3 is 2.75 bits per heavy atom. The normalized spacial score (nSPS) is 11.8. The van der Waals surface area contributed by atoms with E-state index in [1.165, 1.54) is 0 Å². The van der Waals surface area contributed by atoms with Gasteiger partial charge < -0.3 is 0 Å². The first-order valence-corrected chi connectivity index (χ1v) is 4.36. The molecule has 0 N–H and O–H groups in total.